The van der Waals surface area contributed by atoms with Crippen molar-refractivity contribution in [3.8, 4) is 28.9 Å². The number of fused-ring (bicyclic) bond motifs is 3. The van der Waals surface area contributed by atoms with Crippen LogP contribution in [0, 0.1) is 11.2 Å². The molecule has 1 aliphatic heterocycles. The Labute approximate surface area is 257 Å². The highest BCUT2D eigenvalue weighted by Crippen LogP contribution is 2.49. The van der Waals surface area contributed by atoms with E-state index in [0.717, 1.165) is 6.42 Å². The second-order valence-corrected chi connectivity index (χ2v) is 10.6. The van der Waals surface area contributed by atoms with E-state index >= 15 is 0 Å². The molecule has 234 valence electrons. The number of nitrogens with one attached hydrogen (secondary N) is 3. The van der Waals surface area contributed by atoms with E-state index in [4.69, 9.17) is 24.1 Å². The summed E-state index contributed by atoms with van der Waals surface area (Å²) >= 11 is 0. The van der Waals surface area contributed by atoms with Gasteiger partial charge in [-0.25, -0.2) is 14.4 Å². The van der Waals surface area contributed by atoms with Gasteiger partial charge in [-0.15, -0.1) is 0 Å². The maximum atomic E-state index is 13.2. The third kappa shape index (κ3) is 6.74. The highest BCUT2D eigenvalue weighted by Gasteiger charge is 2.56. The van der Waals surface area contributed by atoms with E-state index in [-0.39, 0.29) is 12.5 Å². The lowest BCUT2D eigenvalue weighted by Crippen LogP contribution is -2.35. The smallest absolute Gasteiger partial charge is 0.240 e. The van der Waals surface area contributed by atoms with Gasteiger partial charge in [0, 0.05) is 24.0 Å². The van der Waals surface area contributed by atoms with Crippen LogP contribution in [0.1, 0.15) is 19.3 Å². The number of aliphatic hydroxyl groups excluding tert-OH is 1. The zero-order valence-electron chi connectivity index (χ0n) is 24.3. The summed E-state index contributed by atoms with van der Waals surface area (Å²) in [6, 6.07) is 13.8. The fraction of sp³-hybridized carbons (Fsp3) is 0.312. The van der Waals surface area contributed by atoms with Crippen LogP contribution >= 0.6 is 0 Å². The number of aromatic nitrogens is 2. The maximum absolute atomic E-state index is 13.2. The molecule has 1 fully saturated rings. The largest absolute Gasteiger partial charge is 0.489 e. The fourth-order valence-electron chi connectivity index (χ4n) is 4.88. The Morgan fingerprint density at radius 1 is 0.911 bits per heavy atom. The van der Waals surface area contributed by atoms with Gasteiger partial charge in [0.05, 0.1) is 18.7 Å². The van der Waals surface area contributed by atoms with E-state index < -0.39 is 23.0 Å². The first kappa shape index (κ1) is 30.0. The number of carbonyl (C=O) groups is 2. The van der Waals surface area contributed by atoms with Gasteiger partial charge in [0.25, 0.3) is 0 Å². The van der Waals surface area contributed by atoms with Crippen LogP contribution in [0.3, 0.4) is 0 Å². The second-order valence-electron chi connectivity index (χ2n) is 10.6. The summed E-state index contributed by atoms with van der Waals surface area (Å²) in [5, 5.41) is 18.1. The van der Waals surface area contributed by atoms with E-state index in [2.05, 4.69) is 25.9 Å². The molecule has 12 nitrogen and oxygen atoms in total. The average Bonchev–Trinajstić information content (AvgIpc) is 3.87. The van der Waals surface area contributed by atoms with Gasteiger partial charge in [-0.3, -0.25) is 9.59 Å². The summed E-state index contributed by atoms with van der Waals surface area (Å²) < 4.78 is 37.2. The molecule has 2 heterocycles. The lowest BCUT2D eigenvalue weighted by molar-refractivity contribution is -0.131. The number of ether oxygens (including phenoxy) is 4. The van der Waals surface area contributed by atoms with Gasteiger partial charge in [0.15, 0.2) is 11.5 Å². The third-order valence-electron chi connectivity index (χ3n) is 7.43. The van der Waals surface area contributed by atoms with Crippen LogP contribution in [0.25, 0.3) is 10.9 Å². The first-order valence-electron chi connectivity index (χ1n) is 14.6. The molecule has 1 aliphatic carbocycles. The van der Waals surface area contributed by atoms with Crippen molar-refractivity contribution in [2.45, 2.75) is 19.3 Å². The quantitative estimate of drug-likeness (QED) is 0.128. The minimum atomic E-state index is -1.18. The predicted octanol–water partition coefficient (Wildman–Crippen LogP) is 4.04. The molecule has 0 radical (unpaired) electrons. The molecule has 0 saturated heterocycles. The number of anilines is 2. The van der Waals surface area contributed by atoms with Crippen molar-refractivity contribution in [2.75, 3.05) is 50.2 Å². The number of nitrogens with zero attached hydrogens (tertiary/aromatic N) is 2. The second kappa shape index (κ2) is 13.3. The summed E-state index contributed by atoms with van der Waals surface area (Å²) in [4.78, 5) is 34.7. The summed E-state index contributed by atoms with van der Waals surface area (Å²) in [5.74, 6) is 0.832. The summed E-state index contributed by atoms with van der Waals surface area (Å²) in [7, 11) is 0. The van der Waals surface area contributed by atoms with Gasteiger partial charge in [0.1, 0.15) is 41.9 Å². The SMILES string of the molecule is O=C(Nc1ccc(F)cc1)C1(C(=O)Nc2ccc(Oc3ncnc4cc(OCCCNCCO)c5c(c34)OCCO5)cc2)CC1. The van der Waals surface area contributed by atoms with Crippen molar-refractivity contribution < 1.29 is 38.0 Å². The fourth-order valence-corrected chi connectivity index (χ4v) is 4.88. The van der Waals surface area contributed by atoms with Crippen molar-refractivity contribution in [3.63, 3.8) is 0 Å². The van der Waals surface area contributed by atoms with Crippen molar-refractivity contribution in [1.29, 1.82) is 0 Å². The molecular weight excluding hydrogens is 585 g/mol. The number of rotatable bonds is 13. The highest BCUT2D eigenvalue weighted by atomic mass is 19.1. The third-order valence-corrected chi connectivity index (χ3v) is 7.43. The molecule has 4 N–H and O–H groups in total. The summed E-state index contributed by atoms with van der Waals surface area (Å²) in [5.41, 5.74) is 0.284. The summed E-state index contributed by atoms with van der Waals surface area (Å²) in [6.07, 6.45) is 2.94. The number of carbonyl (C=O) groups excluding carboxylic acids is 2. The van der Waals surface area contributed by atoms with E-state index in [1.54, 1.807) is 30.3 Å². The lowest BCUT2D eigenvalue weighted by atomic mass is 10.0. The number of amides is 2. The molecule has 1 saturated carbocycles. The van der Waals surface area contributed by atoms with Crippen LogP contribution in [-0.4, -0.2) is 66.4 Å². The minimum Gasteiger partial charge on any atom is -0.489 e. The molecule has 0 bridgehead atoms. The van der Waals surface area contributed by atoms with Gasteiger partial charge < -0.3 is 40.0 Å². The van der Waals surface area contributed by atoms with Gasteiger partial charge in [-0.05, 0) is 74.3 Å². The van der Waals surface area contributed by atoms with E-state index in [1.165, 1.54) is 30.6 Å². The standard InChI is InChI=1S/C32H32FN5O7/c33-20-2-4-21(5-3-20)37-30(40)32(10-11-32)31(41)38-22-6-8-23(9-7-22)45-29-26-24(35-19-36-29)18-25(27-28(26)44-17-16-43-27)42-15-1-12-34-13-14-39/h2-9,18-19,34,39H,1,10-17H2,(H,37,40)(H,38,41). The molecular formula is C32H32FN5O7. The number of hydrogen-bond donors (Lipinski definition) is 4. The molecule has 45 heavy (non-hydrogen) atoms. The van der Waals surface area contributed by atoms with Crippen LogP contribution in [0.2, 0.25) is 0 Å². The van der Waals surface area contributed by atoms with Crippen molar-refractivity contribution in [1.82, 2.24) is 15.3 Å². The van der Waals surface area contributed by atoms with Crippen LogP contribution in [0.4, 0.5) is 15.8 Å². The maximum Gasteiger partial charge on any atom is 0.240 e. The molecule has 0 spiro atoms. The van der Waals surface area contributed by atoms with E-state index in [9.17, 15) is 14.0 Å². The van der Waals surface area contributed by atoms with Gasteiger partial charge in [-0.1, -0.05) is 0 Å². The van der Waals surface area contributed by atoms with Crippen LogP contribution in [-0.2, 0) is 9.59 Å². The molecule has 13 heteroatoms. The number of hydrogen-bond acceptors (Lipinski definition) is 10. The Balaban J connectivity index is 1.13. The molecule has 0 atom stereocenters. The normalized spacial score (nSPS) is 14.4. The van der Waals surface area contributed by atoms with Crippen LogP contribution < -0.4 is 34.9 Å². The van der Waals surface area contributed by atoms with Gasteiger partial charge in [-0.2, -0.15) is 0 Å². The molecule has 2 amide bonds. The Morgan fingerprint density at radius 3 is 2.24 bits per heavy atom. The molecule has 3 aromatic carbocycles. The predicted molar refractivity (Wildman–Crippen MR) is 162 cm³/mol. The lowest BCUT2D eigenvalue weighted by Gasteiger charge is -2.23. The van der Waals surface area contributed by atoms with Crippen LogP contribution in [0.15, 0.2) is 60.9 Å². The number of benzene rings is 3. The Hall–Kier alpha value is -5.01. The zero-order valence-corrected chi connectivity index (χ0v) is 24.3. The monoisotopic (exact) mass is 617 g/mol. The van der Waals surface area contributed by atoms with Crippen molar-refractivity contribution in [2.24, 2.45) is 5.41 Å². The first-order chi connectivity index (χ1) is 22.0. The number of halogens is 1. The Morgan fingerprint density at radius 2 is 1.58 bits per heavy atom. The highest BCUT2D eigenvalue weighted by molar-refractivity contribution is 6.16. The molecule has 1 aromatic heterocycles. The topological polar surface area (TPSA) is 153 Å². The Kier molecular flexibility index (Phi) is 8.89. The van der Waals surface area contributed by atoms with E-state index in [0.29, 0.717) is 91.0 Å². The van der Waals surface area contributed by atoms with Gasteiger partial charge in [0.2, 0.25) is 23.4 Å². The van der Waals surface area contributed by atoms with Crippen molar-refractivity contribution >= 4 is 34.1 Å². The molecule has 4 aromatic rings. The number of aliphatic hydroxyl groups is 1. The molecule has 0 unspecified atom stereocenters. The summed E-state index contributed by atoms with van der Waals surface area (Å²) in [6.45, 7) is 2.43. The van der Waals surface area contributed by atoms with E-state index in [1.807, 2.05) is 0 Å². The molecule has 6 rings (SSSR count). The van der Waals surface area contributed by atoms with Crippen LogP contribution in [0.5, 0.6) is 28.9 Å². The van der Waals surface area contributed by atoms with Crippen molar-refractivity contribution in [3.05, 3.63) is 66.7 Å². The zero-order chi connectivity index (χ0) is 31.2. The van der Waals surface area contributed by atoms with Gasteiger partial charge >= 0.3 is 0 Å². The first-order valence-corrected chi connectivity index (χ1v) is 14.6. The minimum absolute atomic E-state index is 0.0802. The average molecular weight is 618 g/mol. The Bertz CT molecular complexity index is 1680. The molecule has 2 aliphatic rings.